The Kier molecular flexibility index (Phi) is 3.33. The number of rotatable bonds is 2. The molecule has 0 aliphatic heterocycles. The first-order valence-corrected chi connectivity index (χ1v) is 4.38. The molecule has 0 aromatic heterocycles. The van der Waals surface area contributed by atoms with Gasteiger partial charge >= 0.3 is 0 Å². The van der Waals surface area contributed by atoms with E-state index >= 15 is 0 Å². The summed E-state index contributed by atoms with van der Waals surface area (Å²) in [7, 11) is 0. The van der Waals surface area contributed by atoms with Gasteiger partial charge in [-0.1, -0.05) is 5.92 Å². The van der Waals surface area contributed by atoms with Crippen molar-refractivity contribution < 1.29 is 0 Å². The number of hydrogen-bond acceptors (Lipinski definition) is 3. The van der Waals surface area contributed by atoms with Crippen molar-refractivity contribution in [1.82, 2.24) is 0 Å². The van der Waals surface area contributed by atoms with Crippen LogP contribution in [0, 0.1) is 35.0 Å². The first-order valence-electron chi connectivity index (χ1n) is 4.38. The van der Waals surface area contributed by atoms with E-state index in [0.717, 1.165) is 5.69 Å². The molecule has 0 heterocycles. The molecule has 1 rings (SSSR count). The molecule has 15 heavy (non-hydrogen) atoms. The molecule has 0 saturated heterocycles. The highest BCUT2D eigenvalue weighted by Gasteiger charge is 2.03. The van der Waals surface area contributed by atoms with Gasteiger partial charge in [-0.2, -0.15) is 10.5 Å². The van der Waals surface area contributed by atoms with Crippen LogP contribution in [0.4, 0.5) is 5.69 Å². The second kappa shape index (κ2) is 4.70. The van der Waals surface area contributed by atoms with E-state index in [0.29, 0.717) is 11.1 Å². The van der Waals surface area contributed by atoms with Crippen molar-refractivity contribution in [2.45, 2.75) is 13.0 Å². The van der Waals surface area contributed by atoms with Crippen LogP contribution in [-0.4, -0.2) is 6.04 Å². The lowest BCUT2D eigenvalue weighted by molar-refractivity contribution is 1.03. The zero-order chi connectivity index (χ0) is 11.3. The molecule has 0 saturated carbocycles. The summed E-state index contributed by atoms with van der Waals surface area (Å²) in [5.41, 5.74) is 1.47. The fourth-order valence-electron chi connectivity index (χ4n) is 1.12. The summed E-state index contributed by atoms with van der Waals surface area (Å²) >= 11 is 0. The van der Waals surface area contributed by atoms with Crippen molar-refractivity contribution in [3.63, 3.8) is 0 Å². The van der Waals surface area contributed by atoms with Crippen LogP contribution in [0.15, 0.2) is 18.2 Å². The predicted octanol–water partition coefficient (Wildman–Crippen LogP) is 1.86. The van der Waals surface area contributed by atoms with E-state index in [1.54, 1.807) is 18.2 Å². The fourth-order valence-corrected chi connectivity index (χ4v) is 1.12. The topological polar surface area (TPSA) is 59.6 Å². The Balaban J connectivity index is 3.02. The Morgan fingerprint density at radius 3 is 2.47 bits per heavy atom. The second-order valence-electron chi connectivity index (χ2n) is 3.02. The largest absolute Gasteiger partial charge is 0.372 e. The molecule has 0 aliphatic rings. The number of nitriles is 2. The fraction of sp³-hybridized carbons (Fsp3) is 0.167. The summed E-state index contributed by atoms with van der Waals surface area (Å²) in [4.78, 5) is 0. The lowest BCUT2D eigenvalue weighted by Crippen LogP contribution is -2.12. The van der Waals surface area contributed by atoms with Gasteiger partial charge < -0.3 is 5.32 Å². The lowest BCUT2D eigenvalue weighted by atomic mass is 10.1. The van der Waals surface area contributed by atoms with E-state index in [1.807, 2.05) is 19.1 Å². The Morgan fingerprint density at radius 2 is 1.93 bits per heavy atom. The highest BCUT2D eigenvalue weighted by Crippen LogP contribution is 2.15. The van der Waals surface area contributed by atoms with Gasteiger partial charge in [-0.15, -0.1) is 6.42 Å². The van der Waals surface area contributed by atoms with Gasteiger partial charge in [0, 0.05) is 5.69 Å². The van der Waals surface area contributed by atoms with Gasteiger partial charge in [-0.05, 0) is 25.1 Å². The zero-order valence-corrected chi connectivity index (χ0v) is 8.28. The van der Waals surface area contributed by atoms with Crippen LogP contribution in [0.2, 0.25) is 0 Å². The molecule has 0 aliphatic carbocycles. The van der Waals surface area contributed by atoms with Crippen molar-refractivity contribution in [2.75, 3.05) is 5.32 Å². The number of nitrogens with one attached hydrogen (secondary N) is 1. The maximum atomic E-state index is 8.80. The van der Waals surface area contributed by atoms with Crippen molar-refractivity contribution in [2.24, 2.45) is 0 Å². The standard InChI is InChI=1S/C12H9N3/c1-3-9(2)15-12-5-4-10(7-13)11(6-12)8-14/h1,4-6,9,15H,2H3. The average molecular weight is 195 g/mol. The summed E-state index contributed by atoms with van der Waals surface area (Å²) in [6, 6.07) is 8.76. The maximum Gasteiger partial charge on any atom is 0.101 e. The highest BCUT2D eigenvalue weighted by atomic mass is 14.9. The lowest BCUT2D eigenvalue weighted by Gasteiger charge is -2.09. The van der Waals surface area contributed by atoms with Gasteiger partial charge in [0.2, 0.25) is 0 Å². The Hall–Kier alpha value is -2.44. The Morgan fingerprint density at radius 1 is 1.27 bits per heavy atom. The van der Waals surface area contributed by atoms with E-state index in [-0.39, 0.29) is 6.04 Å². The van der Waals surface area contributed by atoms with Gasteiger partial charge in [-0.3, -0.25) is 0 Å². The zero-order valence-electron chi connectivity index (χ0n) is 8.28. The molecule has 72 valence electrons. The van der Waals surface area contributed by atoms with E-state index < -0.39 is 0 Å². The molecule has 3 heteroatoms. The molecule has 0 bridgehead atoms. The number of benzene rings is 1. The van der Waals surface area contributed by atoms with Gasteiger partial charge in [-0.25, -0.2) is 0 Å². The van der Waals surface area contributed by atoms with Crippen molar-refractivity contribution in [3.05, 3.63) is 29.3 Å². The molecule has 1 aromatic rings. The molecule has 0 fully saturated rings. The second-order valence-corrected chi connectivity index (χ2v) is 3.02. The normalized spacial score (nSPS) is 10.5. The SMILES string of the molecule is C#CC(C)Nc1ccc(C#N)c(C#N)c1. The third-order valence-electron chi connectivity index (χ3n) is 1.89. The first kappa shape index (κ1) is 10.6. The van der Waals surface area contributed by atoms with Gasteiger partial charge in [0.15, 0.2) is 0 Å². The number of hydrogen-bond donors (Lipinski definition) is 1. The summed E-state index contributed by atoms with van der Waals surface area (Å²) in [5.74, 6) is 2.52. The molecule has 0 amide bonds. The summed E-state index contributed by atoms with van der Waals surface area (Å²) in [6.07, 6.45) is 5.22. The van der Waals surface area contributed by atoms with Crippen molar-refractivity contribution in [3.8, 4) is 24.5 Å². The minimum atomic E-state index is -0.107. The first-order chi connectivity index (χ1) is 7.21. The van der Waals surface area contributed by atoms with E-state index in [9.17, 15) is 0 Å². The monoisotopic (exact) mass is 195 g/mol. The van der Waals surface area contributed by atoms with Crippen LogP contribution in [0.1, 0.15) is 18.1 Å². The number of terminal acetylenes is 1. The molecule has 1 aromatic carbocycles. The smallest absolute Gasteiger partial charge is 0.101 e. The van der Waals surface area contributed by atoms with Crippen LogP contribution in [0.5, 0.6) is 0 Å². The quantitative estimate of drug-likeness (QED) is 0.733. The molecule has 3 nitrogen and oxygen atoms in total. The van der Waals surface area contributed by atoms with E-state index in [4.69, 9.17) is 16.9 Å². The predicted molar refractivity (Wildman–Crippen MR) is 57.8 cm³/mol. The summed E-state index contributed by atoms with van der Waals surface area (Å²) in [5, 5.41) is 20.5. The molecule has 1 N–H and O–H groups in total. The van der Waals surface area contributed by atoms with Crippen LogP contribution in [-0.2, 0) is 0 Å². The summed E-state index contributed by atoms with van der Waals surface area (Å²) < 4.78 is 0. The average Bonchev–Trinajstić information content (AvgIpc) is 2.28. The van der Waals surface area contributed by atoms with E-state index in [2.05, 4.69) is 11.2 Å². The van der Waals surface area contributed by atoms with Crippen molar-refractivity contribution >= 4 is 5.69 Å². The Bertz CT molecular complexity index is 483. The third-order valence-corrected chi connectivity index (χ3v) is 1.89. The van der Waals surface area contributed by atoms with Crippen molar-refractivity contribution in [1.29, 1.82) is 10.5 Å². The van der Waals surface area contributed by atoms with E-state index in [1.165, 1.54) is 0 Å². The van der Waals surface area contributed by atoms with Gasteiger partial charge in [0.05, 0.1) is 17.2 Å². The molecule has 1 unspecified atom stereocenters. The van der Waals surface area contributed by atoms with Crippen LogP contribution >= 0.6 is 0 Å². The van der Waals surface area contributed by atoms with Crippen LogP contribution < -0.4 is 5.32 Å². The summed E-state index contributed by atoms with van der Waals surface area (Å²) in [6.45, 7) is 1.84. The molecule has 0 radical (unpaired) electrons. The van der Waals surface area contributed by atoms with Gasteiger partial charge in [0.25, 0.3) is 0 Å². The number of nitrogens with zero attached hydrogens (tertiary/aromatic N) is 2. The molecular formula is C12H9N3. The molecule has 0 spiro atoms. The minimum absolute atomic E-state index is 0.107. The Labute approximate surface area is 89.0 Å². The highest BCUT2D eigenvalue weighted by molar-refractivity contribution is 5.57. The maximum absolute atomic E-state index is 8.80. The van der Waals surface area contributed by atoms with Crippen LogP contribution in [0.3, 0.4) is 0 Å². The van der Waals surface area contributed by atoms with Gasteiger partial charge in [0.1, 0.15) is 12.1 Å². The molecular weight excluding hydrogens is 186 g/mol. The number of anilines is 1. The third kappa shape index (κ3) is 2.50. The van der Waals surface area contributed by atoms with Crippen LogP contribution in [0.25, 0.3) is 0 Å². The molecule has 1 atom stereocenters. The minimum Gasteiger partial charge on any atom is -0.372 e.